The fourth-order valence-corrected chi connectivity index (χ4v) is 3.90. The number of aliphatic imine (C=N–C) groups is 1. The summed E-state index contributed by atoms with van der Waals surface area (Å²) < 4.78 is 53.5. The highest BCUT2D eigenvalue weighted by Gasteiger charge is 2.33. The number of nitrogens with zero attached hydrogens (tertiary/aromatic N) is 2. The van der Waals surface area contributed by atoms with Gasteiger partial charge in [0.25, 0.3) is 5.92 Å². The summed E-state index contributed by atoms with van der Waals surface area (Å²) in [6.45, 7) is 1.99. The molecule has 1 aromatic heterocycles. The van der Waals surface area contributed by atoms with Gasteiger partial charge in [0.05, 0.1) is 18.0 Å². The molecule has 0 radical (unpaired) electrons. The third-order valence-electron chi connectivity index (χ3n) is 5.38. The van der Waals surface area contributed by atoms with E-state index in [1.165, 1.54) is 12.1 Å². The SMILES string of the molecule is Fc1cc2[nH]c3c(c2cc1F)CCCC3=NCCN1CCC(F)(F)CC1. The number of fused-ring (bicyclic) bond motifs is 3. The lowest BCUT2D eigenvalue weighted by Gasteiger charge is -2.31. The smallest absolute Gasteiger partial charge is 0.250 e. The van der Waals surface area contributed by atoms with E-state index in [0.717, 1.165) is 36.2 Å². The molecule has 140 valence electrons. The van der Waals surface area contributed by atoms with Gasteiger partial charge >= 0.3 is 0 Å². The summed E-state index contributed by atoms with van der Waals surface area (Å²) in [7, 11) is 0. The summed E-state index contributed by atoms with van der Waals surface area (Å²) >= 11 is 0. The fourth-order valence-electron chi connectivity index (χ4n) is 3.90. The maximum atomic E-state index is 13.6. The molecule has 0 unspecified atom stereocenters. The van der Waals surface area contributed by atoms with Gasteiger partial charge in [-0.3, -0.25) is 4.99 Å². The molecule has 3 nitrogen and oxygen atoms in total. The van der Waals surface area contributed by atoms with Crippen molar-refractivity contribution in [2.45, 2.75) is 38.0 Å². The lowest BCUT2D eigenvalue weighted by Crippen LogP contribution is -2.40. The molecule has 2 heterocycles. The van der Waals surface area contributed by atoms with E-state index >= 15 is 0 Å². The molecule has 0 amide bonds. The van der Waals surface area contributed by atoms with Crippen LogP contribution in [0.5, 0.6) is 0 Å². The molecule has 1 aromatic carbocycles. The highest BCUT2D eigenvalue weighted by atomic mass is 19.3. The zero-order chi connectivity index (χ0) is 18.3. The predicted octanol–water partition coefficient (Wildman–Crippen LogP) is 4.30. The lowest BCUT2D eigenvalue weighted by atomic mass is 9.94. The third-order valence-corrected chi connectivity index (χ3v) is 5.38. The van der Waals surface area contributed by atoms with Crippen molar-refractivity contribution in [3.05, 3.63) is 35.0 Å². The van der Waals surface area contributed by atoms with Crippen molar-refractivity contribution in [2.24, 2.45) is 4.99 Å². The molecule has 1 aliphatic heterocycles. The van der Waals surface area contributed by atoms with E-state index in [-0.39, 0.29) is 12.8 Å². The van der Waals surface area contributed by atoms with E-state index < -0.39 is 17.6 Å². The first kappa shape index (κ1) is 17.5. The zero-order valence-corrected chi connectivity index (χ0v) is 14.4. The number of piperidine rings is 1. The molecule has 26 heavy (non-hydrogen) atoms. The van der Waals surface area contributed by atoms with Gasteiger partial charge in [-0.15, -0.1) is 0 Å². The number of hydrogen-bond acceptors (Lipinski definition) is 2. The first-order valence-electron chi connectivity index (χ1n) is 9.06. The Bertz CT molecular complexity index is 846. The van der Waals surface area contributed by atoms with Gasteiger partial charge in [0.1, 0.15) is 0 Å². The average molecular weight is 367 g/mol. The number of hydrogen-bond donors (Lipinski definition) is 1. The van der Waals surface area contributed by atoms with Crippen molar-refractivity contribution in [1.82, 2.24) is 9.88 Å². The number of rotatable bonds is 3. The van der Waals surface area contributed by atoms with Crippen molar-refractivity contribution in [3.63, 3.8) is 0 Å². The van der Waals surface area contributed by atoms with E-state index in [0.29, 0.717) is 37.1 Å². The van der Waals surface area contributed by atoms with Crippen LogP contribution >= 0.6 is 0 Å². The Morgan fingerprint density at radius 3 is 2.58 bits per heavy atom. The minimum absolute atomic E-state index is 0.0904. The summed E-state index contributed by atoms with van der Waals surface area (Å²) in [5, 5.41) is 0.713. The van der Waals surface area contributed by atoms with E-state index in [4.69, 9.17) is 0 Å². The second-order valence-electron chi connectivity index (χ2n) is 7.17. The Morgan fingerprint density at radius 1 is 1.08 bits per heavy atom. The van der Waals surface area contributed by atoms with Gasteiger partial charge in [-0.1, -0.05) is 0 Å². The molecule has 1 saturated heterocycles. The largest absolute Gasteiger partial charge is 0.353 e. The Hall–Kier alpha value is -1.89. The van der Waals surface area contributed by atoms with Crippen molar-refractivity contribution in [3.8, 4) is 0 Å². The Kier molecular flexibility index (Phi) is 4.50. The number of H-pyrrole nitrogens is 1. The molecule has 0 spiro atoms. The Balaban J connectivity index is 1.50. The molecule has 0 saturated carbocycles. The minimum atomic E-state index is -2.53. The number of alkyl halides is 2. The van der Waals surface area contributed by atoms with Crippen LogP contribution in [0.2, 0.25) is 0 Å². The van der Waals surface area contributed by atoms with Crippen LogP contribution in [0, 0.1) is 11.6 Å². The number of aromatic nitrogens is 1. The molecule has 2 aromatic rings. The van der Waals surface area contributed by atoms with Crippen molar-refractivity contribution in [2.75, 3.05) is 26.2 Å². The number of halogens is 4. The van der Waals surface area contributed by atoms with Crippen LogP contribution in [0.25, 0.3) is 10.9 Å². The standard InChI is InChI=1S/C19H21F4N3/c20-14-10-13-12-2-1-3-16(18(12)25-17(13)11-15(14)21)24-6-9-26-7-4-19(22,23)5-8-26/h10-11,25H,1-9H2. The van der Waals surface area contributed by atoms with Gasteiger partial charge in [0.2, 0.25) is 0 Å². The van der Waals surface area contributed by atoms with Gasteiger partial charge in [-0.05, 0) is 30.9 Å². The van der Waals surface area contributed by atoms with Crippen LogP contribution in [-0.2, 0) is 6.42 Å². The molecule has 4 rings (SSSR count). The maximum absolute atomic E-state index is 13.6. The lowest BCUT2D eigenvalue weighted by molar-refractivity contribution is -0.0544. The number of nitrogens with one attached hydrogen (secondary N) is 1. The van der Waals surface area contributed by atoms with E-state index in [1.807, 2.05) is 4.90 Å². The molecule has 0 bridgehead atoms. The Labute approximate surface area is 149 Å². The summed E-state index contributed by atoms with van der Waals surface area (Å²) in [4.78, 5) is 9.86. The van der Waals surface area contributed by atoms with E-state index in [9.17, 15) is 17.6 Å². The Morgan fingerprint density at radius 2 is 1.81 bits per heavy atom. The van der Waals surface area contributed by atoms with Crippen LogP contribution in [0.15, 0.2) is 17.1 Å². The van der Waals surface area contributed by atoms with E-state index in [2.05, 4.69) is 9.98 Å². The molecule has 1 N–H and O–H groups in total. The monoisotopic (exact) mass is 367 g/mol. The molecule has 0 atom stereocenters. The van der Waals surface area contributed by atoms with Gasteiger partial charge in [-0.2, -0.15) is 0 Å². The molecule has 2 aliphatic rings. The molecular weight excluding hydrogens is 346 g/mol. The van der Waals surface area contributed by atoms with Gasteiger partial charge < -0.3 is 9.88 Å². The average Bonchev–Trinajstić information content (AvgIpc) is 2.95. The highest BCUT2D eigenvalue weighted by Crippen LogP contribution is 2.31. The van der Waals surface area contributed by atoms with Crippen LogP contribution in [0.1, 0.15) is 36.9 Å². The second kappa shape index (κ2) is 6.68. The predicted molar refractivity (Wildman–Crippen MR) is 93.2 cm³/mol. The number of likely N-dealkylation sites (tertiary alicyclic amines) is 1. The third kappa shape index (κ3) is 3.37. The highest BCUT2D eigenvalue weighted by molar-refractivity contribution is 6.06. The molecule has 1 aliphatic carbocycles. The van der Waals surface area contributed by atoms with Crippen molar-refractivity contribution < 1.29 is 17.6 Å². The molecular formula is C19H21F4N3. The first-order valence-corrected chi connectivity index (χ1v) is 9.06. The number of benzene rings is 1. The quantitative estimate of drug-likeness (QED) is 0.806. The summed E-state index contributed by atoms with van der Waals surface area (Å²) in [6, 6.07) is 2.44. The number of aryl methyl sites for hydroxylation is 1. The molecule has 7 heteroatoms. The van der Waals surface area contributed by atoms with Crippen molar-refractivity contribution >= 4 is 16.6 Å². The fraction of sp³-hybridized carbons (Fsp3) is 0.526. The summed E-state index contributed by atoms with van der Waals surface area (Å²) in [6.07, 6.45) is 2.34. The first-order chi connectivity index (χ1) is 12.4. The second-order valence-corrected chi connectivity index (χ2v) is 7.17. The van der Waals surface area contributed by atoms with Crippen LogP contribution in [0.4, 0.5) is 17.6 Å². The minimum Gasteiger partial charge on any atom is -0.353 e. The number of aromatic amines is 1. The zero-order valence-electron chi connectivity index (χ0n) is 14.4. The van der Waals surface area contributed by atoms with Crippen LogP contribution < -0.4 is 0 Å². The van der Waals surface area contributed by atoms with Crippen LogP contribution in [0.3, 0.4) is 0 Å². The maximum Gasteiger partial charge on any atom is 0.250 e. The van der Waals surface area contributed by atoms with Gasteiger partial charge in [-0.25, -0.2) is 17.6 Å². The van der Waals surface area contributed by atoms with E-state index in [1.54, 1.807) is 0 Å². The van der Waals surface area contributed by atoms with Gasteiger partial charge in [0.15, 0.2) is 11.6 Å². The van der Waals surface area contributed by atoms with Gasteiger partial charge in [0, 0.05) is 49.4 Å². The summed E-state index contributed by atoms with van der Waals surface area (Å²) in [5.41, 5.74) is 3.34. The van der Waals surface area contributed by atoms with Crippen LogP contribution in [-0.4, -0.2) is 47.7 Å². The topological polar surface area (TPSA) is 31.4 Å². The molecule has 1 fully saturated rings. The normalized spacial score (nSPS) is 22.1. The van der Waals surface area contributed by atoms with Crippen molar-refractivity contribution in [1.29, 1.82) is 0 Å². The summed E-state index contributed by atoms with van der Waals surface area (Å²) in [5.74, 6) is -4.24.